The van der Waals surface area contributed by atoms with Gasteiger partial charge in [0.15, 0.2) is 0 Å². The predicted octanol–water partition coefficient (Wildman–Crippen LogP) is 3.12. The van der Waals surface area contributed by atoms with Crippen molar-refractivity contribution >= 4 is 23.5 Å². The Kier molecular flexibility index (Phi) is 5.74. The van der Waals surface area contributed by atoms with Crippen molar-refractivity contribution < 1.29 is 14.3 Å². The highest BCUT2D eigenvalue weighted by atomic mass is 35.5. The summed E-state index contributed by atoms with van der Waals surface area (Å²) in [5.74, 6) is -0.970. The van der Waals surface area contributed by atoms with Crippen LogP contribution in [0.5, 0.6) is 0 Å². The molecule has 6 nitrogen and oxygen atoms in total. The number of nitrogens with one attached hydrogen (secondary N) is 1. The minimum Gasteiger partial charge on any atom is -0.456 e. The first kappa shape index (κ1) is 18.9. The van der Waals surface area contributed by atoms with E-state index in [4.69, 9.17) is 16.3 Å². The van der Waals surface area contributed by atoms with E-state index in [9.17, 15) is 9.59 Å². The molecule has 0 bridgehead atoms. The Hall–Kier alpha value is -2.47. The van der Waals surface area contributed by atoms with Crippen molar-refractivity contribution in [2.24, 2.45) is 0 Å². The van der Waals surface area contributed by atoms with Crippen LogP contribution in [0, 0.1) is 0 Å². The largest absolute Gasteiger partial charge is 0.456 e. The Morgan fingerprint density at radius 3 is 2.48 bits per heavy atom. The molecule has 1 unspecified atom stereocenters. The monoisotopic (exact) mass is 361 g/mol. The number of carbonyl (C=O) groups excluding carboxylic acids is 2. The molecule has 0 aromatic carbocycles. The summed E-state index contributed by atoms with van der Waals surface area (Å²) in [5, 5.41) is 1.79. The fraction of sp³-hybridized carbons (Fsp3) is 0.333. The van der Waals surface area contributed by atoms with Gasteiger partial charge >= 0.3 is 5.97 Å². The zero-order valence-electron chi connectivity index (χ0n) is 14.5. The number of alkyl halides is 1. The van der Waals surface area contributed by atoms with Gasteiger partial charge in [0.25, 0.3) is 5.91 Å². The number of aromatic nitrogens is 2. The molecule has 1 N–H and O–H groups in total. The van der Waals surface area contributed by atoms with Gasteiger partial charge in [0.1, 0.15) is 16.7 Å². The van der Waals surface area contributed by atoms with Crippen LogP contribution < -0.4 is 5.32 Å². The summed E-state index contributed by atoms with van der Waals surface area (Å²) in [6.45, 7) is 5.31. The van der Waals surface area contributed by atoms with Crippen molar-refractivity contribution in [3.63, 3.8) is 0 Å². The summed E-state index contributed by atoms with van der Waals surface area (Å²) in [5.41, 5.74) is 0.556. The highest BCUT2D eigenvalue weighted by molar-refractivity contribution is 6.22. The van der Waals surface area contributed by atoms with Crippen molar-refractivity contribution in [2.75, 3.05) is 7.05 Å². The van der Waals surface area contributed by atoms with Crippen molar-refractivity contribution in [1.29, 1.82) is 0 Å². The summed E-state index contributed by atoms with van der Waals surface area (Å²) in [4.78, 5) is 32.9. The second kappa shape index (κ2) is 7.61. The molecule has 7 heteroatoms. The van der Waals surface area contributed by atoms with Gasteiger partial charge in [-0.2, -0.15) is 0 Å². The molecule has 0 aliphatic carbocycles. The summed E-state index contributed by atoms with van der Waals surface area (Å²) in [6.07, 6.45) is 1.61. The Labute approximate surface area is 151 Å². The van der Waals surface area contributed by atoms with Crippen LogP contribution >= 0.6 is 11.6 Å². The minimum absolute atomic E-state index is 0.0856. The second-order valence-electron chi connectivity index (χ2n) is 6.36. The lowest BCUT2D eigenvalue weighted by atomic mass is 10.1. The van der Waals surface area contributed by atoms with Crippen LogP contribution in [0.4, 0.5) is 0 Å². The number of halogens is 1. The lowest BCUT2D eigenvalue weighted by molar-refractivity contribution is 0.00692. The average Bonchev–Trinajstić information content (AvgIpc) is 2.59. The van der Waals surface area contributed by atoms with Crippen LogP contribution in [-0.4, -0.2) is 34.5 Å². The number of ether oxygens (including phenoxy) is 1. The van der Waals surface area contributed by atoms with Crippen LogP contribution in [0.15, 0.2) is 36.5 Å². The number of carbonyl (C=O) groups is 2. The Morgan fingerprint density at radius 1 is 1.20 bits per heavy atom. The fourth-order valence-corrected chi connectivity index (χ4v) is 2.30. The molecule has 2 heterocycles. The van der Waals surface area contributed by atoms with Gasteiger partial charge in [0.2, 0.25) is 0 Å². The topological polar surface area (TPSA) is 81.2 Å². The molecule has 25 heavy (non-hydrogen) atoms. The molecule has 0 aliphatic rings. The molecule has 0 spiro atoms. The third-order valence-corrected chi connectivity index (χ3v) is 3.59. The predicted molar refractivity (Wildman–Crippen MR) is 94.7 cm³/mol. The number of hydrogen-bond donors (Lipinski definition) is 1. The van der Waals surface area contributed by atoms with Crippen LogP contribution in [0.3, 0.4) is 0 Å². The molecule has 0 radical (unpaired) electrons. The van der Waals surface area contributed by atoms with Gasteiger partial charge in [-0.3, -0.25) is 9.78 Å². The lowest BCUT2D eigenvalue weighted by Gasteiger charge is -2.20. The van der Waals surface area contributed by atoms with Gasteiger partial charge in [-0.25, -0.2) is 9.78 Å². The number of esters is 1. The highest BCUT2D eigenvalue weighted by Gasteiger charge is 2.23. The normalized spacial score (nSPS) is 12.4. The zero-order valence-corrected chi connectivity index (χ0v) is 15.3. The van der Waals surface area contributed by atoms with Gasteiger partial charge < -0.3 is 10.1 Å². The van der Waals surface area contributed by atoms with Gasteiger partial charge in [0.05, 0.1) is 17.0 Å². The van der Waals surface area contributed by atoms with Gasteiger partial charge in [-0.1, -0.05) is 6.07 Å². The fourth-order valence-electron chi connectivity index (χ4n) is 2.06. The first-order valence-electron chi connectivity index (χ1n) is 7.73. The third kappa shape index (κ3) is 5.00. The van der Waals surface area contributed by atoms with Crippen molar-refractivity contribution in [1.82, 2.24) is 15.3 Å². The van der Waals surface area contributed by atoms with Crippen molar-refractivity contribution in [3.8, 4) is 0 Å². The third-order valence-electron chi connectivity index (χ3n) is 3.15. The maximum Gasteiger partial charge on any atom is 0.338 e. The molecule has 0 fully saturated rings. The SMILES string of the molecule is CNC(=O)c1cc(C(=O)OC(C)(C)C)cc(C(Cl)c2ccccn2)n1. The maximum atomic E-state index is 12.4. The van der Waals surface area contributed by atoms with E-state index in [1.54, 1.807) is 45.2 Å². The van der Waals surface area contributed by atoms with Crippen LogP contribution in [0.1, 0.15) is 58.4 Å². The van der Waals surface area contributed by atoms with Crippen molar-refractivity contribution in [2.45, 2.75) is 31.7 Å². The number of amides is 1. The summed E-state index contributed by atoms with van der Waals surface area (Å²) in [6, 6.07) is 8.23. The number of rotatable bonds is 4. The van der Waals surface area contributed by atoms with Crippen LogP contribution in [0.2, 0.25) is 0 Å². The van der Waals surface area contributed by atoms with Crippen molar-refractivity contribution in [3.05, 3.63) is 59.2 Å². The van der Waals surface area contributed by atoms with E-state index in [1.807, 2.05) is 0 Å². The molecule has 0 aliphatic heterocycles. The number of hydrogen-bond acceptors (Lipinski definition) is 5. The molecule has 1 amide bonds. The smallest absolute Gasteiger partial charge is 0.338 e. The molecule has 2 rings (SSSR count). The second-order valence-corrected chi connectivity index (χ2v) is 6.80. The molecule has 1 atom stereocenters. The number of nitrogens with zero attached hydrogens (tertiary/aromatic N) is 2. The summed E-state index contributed by atoms with van der Waals surface area (Å²) in [7, 11) is 1.49. The Balaban J connectivity index is 2.47. The molecular formula is C18H20ClN3O3. The lowest BCUT2D eigenvalue weighted by Crippen LogP contribution is -2.25. The van der Waals surface area contributed by atoms with E-state index in [0.29, 0.717) is 11.4 Å². The number of pyridine rings is 2. The molecular weight excluding hydrogens is 342 g/mol. The Morgan fingerprint density at radius 2 is 1.92 bits per heavy atom. The molecule has 0 saturated heterocycles. The Bertz CT molecular complexity index is 773. The molecule has 0 saturated carbocycles. The highest BCUT2D eigenvalue weighted by Crippen LogP contribution is 2.27. The van der Waals surface area contributed by atoms with Gasteiger partial charge in [0, 0.05) is 13.2 Å². The van der Waals surface area contributed by atoms with E-state index in [2.05, 4.69) is 15.3 Å². The quantitative estimate of drug-likeness (QED) is 0.668. The maximum absolute atomic E-state index is 12.4. The first-order chi connectivity index (χ1) is 11.7. The first-order valence-corrected chi connectivity index (χ1v) is 8.17. The van der Waals surface area contributed by atoms with E-state index in [1.165, 1.54) is 19.2 Å². The van der Waals surface area contributed by atoms with E-state index in [0.717, 1.165) is 0 Å². The van der Waals surface area contributed by atoms with Crippen LogP contribution in [-0.2, 0) is 4.74 Å². The van der Waals surface area contributed by atoms with Crippen LogP contribution in [0.25, 0.3) is 0 Å². The van der Waals surface area contributed by atoms with Gasteiger partial charge in [-0.15, -0.1) is 11.6 Å². The van der Waals surface area contributed by atoms with E-state index >= 15 is 0 Å². The molecule has 2 aromatic rings. The average molecular weight is 362 g/mol. The zero-order chi connectivity index (χ0) is 18.6. The van der Waals surface area contributed by atoms with E-state index < -0.39 is 22.9 Å². The van der Waals surface area contributed by atoms with Gasteiger partial charge in [-0.05, 0) is 45.0 Å². The molecule has 132 valence electrons. The summed E-state index contributed by atoms with van der Waals surface area (Å²) < 4.78 is 5.38. The molecule has 2 aromatic heterocycles. The van der Waals surface area contributed by atoms with E-state index in [-0.39, 0.29) is 11.3 Å². The summed E-state index contributed by atoms with van der Waals surface area (Å²) >= 11 is 6.45. The standard InChI is InChI=1S/C18H20ClN3O3/c1-18(2,3)25-17(24)11-9-13(22-14(10-11)16(23)20-4)15(19)12-7-5-6-8-21-12/h5-10,15H,1-4H3,(H,20,23). The minimum atomic E-state index is -0.702.